The van der Waals surface area contributed by atoms with E-state index in [-0.39, 0.29) is 24.9 Å². The second-order valence-electron chi connectivity index (χ2n) is 5.86. The van der Waals surface area contributed by atoms with Gasteiger partial charge in [0.25, 0.3) is 5.91 Å². The number of benzene rings is 2. The topological polar surface area (TPSA) is 97.0 Å². The number of rotatable bonds is 6. The third-order valence-electron chi connectivity index (χ3n) is 4.15. The van der Waals surface area contributed by atoms with Crippen molar-refractivity contribution < 1.29 is 23.9 Å². The molecule has 0 spiro atoms. The summed E-state index contributed by atoms with van der Waals surface area (Å²) >= 11 is 0. The summed E-state index contributed by atoms with van der Waals surface area (Å²) in [6.45, 7) is 0.182. The van der Waals surface area contributed by atoms with Crippen LogP contribution in [0.3, 0.4) is 0 Å². The molecule has 4 amide bonds. The lowest BCUT2D eigenvalue weighted by atomic mass is 10.1. The van der Waals surface area contributed by atoms with E-state index in [2.05, 4.69) is 10.6 Å². The van der Waals surface area contributed by atoms with Gasteiger partial charge < -0.3 is 20.1 Å². The molecule has 2 N–H and O–H groups in total. The van der Waals surface area contributed by atoms with Crippen molar-refractivity contribution >= 4 is 23.5 Å². The molecule has 0 bridgehead atoms. The SMILES string of the molecule is COc1ccc(NC(=O)c2ccc(CN3C(=O)CNC3=O)cc2)c(OC)c1. The highest BCUT2D eigenvalue weighted by Gasteiger charge is 2.28. The van der Waals surface area contributed by atoms with Gasteiger partial charge in [-0.2, -0.15) is 0 Å². The van der Waals surface area contributed by atoms with Gasteiger partial charge in [-0.05, 0) is 29.8 Å². The minimum atomic E-state index is -0.409. The summed E-state index contributed by atoms with van der Waals surface area (Å²) in [7, 11) is 3.06. The van der Waals surface area contributed by atoms with Crippen LogP contribution in [0.4, 0.5) is 10.5 Å². The maximum atomic E-state index is 12.5. The van der Waals surface area contributed by atoms with Crippen LogP contribution in [0.25, 0.3) is 0 Å². The number of imide groups is 1. The number of ether oxygens (including phenoxy) is 2. The monoisotopic (exact) mass is 369 g/mol. The third kappa shape index (κ3) is 4.00. The first-order valence-corrected chi connectivity index (χ1v) is 8.22. The minimum Gasteiger partial charge on any atom is -0.497 e. The molecule has 1 aliphatic heterocycles. The summed E-state index contributed by atoms with van der Waals surface area (Å²) < 4.78 is 10.4. The fourth-order valence-corrected chi connectivity index (χ4v) is 2.66. The Bertz CT molecular complexity index is 863. The highest BCUT2D eigenvalue weighted by Crippen LogP contribution is 2.29. The molecule has 1 heterocycles. The van der Waals surface area contributed by atoms with Gasteiger partial charge in [0, 0.05) is 11.6 Å². The zero-order chi connectivity index (χ0) is 19.4. The van der Waals surface area contributed by atoms with Crippen LogP contribution in [0.1, 0.15) is 15.9 Å². The van der Waals surface area contributed by atoms with Crippen LogP contribution in [0.5, 0.6) is 11.5 Å². The van der Waals surface area contributed by atoms with Gasteiger partial charge in [-0.25, -0.2) is 4.79 Å². The molecular formula is C19H19N3O5. The first kappa shape index (κ1) is 18.2. The maximum Gasteiger partial charge on any atom is 0.324 e. The Labute approximate surface area is 156 Å². The molecular weight excluding hydrogens is 350 g/mol. The quantitative estimate of drug-likeness (QED) is 0.759. The molecule has 0 unspecified atom stereocenters. The van der Waals surface area contributed by atoms with Crippen molar-refractivity contribution in [1.82, 2.24) is 10.2 Å². The zero-order valence-corrected chi connectivity index (χ0v) is 14.9. The standard InChI is InChI=1S/C19H19N3O5/c1-26-14-7-8-15(16(9-14)27-2)21-18(24)13-5-3-12(4-6-13)11-22-17(23)10-20-19(22)25/h3-9H,10-11H2,1-2H3,(H,20,25)(H,21,24). The van der Waals surface area contributed by atoms with E-state index in [1.54, 1.807) is 49.6 Å². The molecule has 1 fully saturated rings. The number of carbonyl (C=O) groups excluding carboxylic acids is 3. The number of hydrogen-bond acceptors (Lipinski definition) is 5. The van der Waals surface area contributed by atoms with Gasteiger partial charge in [-0.3, -0.25) is 14.5 Å². The van der Waals surface area contributed by atoms with Crippen LogP contribution in [0, 0.1) is 0 Å². The number of urea groups is 1. The van der Waals surface area contributed by atoms with Gasteiger partial charge in [0.15, 0.2) is 0 Å². The summed E-state index contributed by atoms with van der Waals surface area (Å²) in [5.74, 6) is 0.529. The van der Waals surface area contributed by atoms with Gasteiger partial charge in [0.2, 0.25) is 5.91 Å². The molecule has 1 saturated heterocycles. The predicted molar refractivity (Wildman–Crippen MR) is 97.9 cm³/mol. The van der Waals surface area contributed by atoms with E-state index < -0.39 is 6.03 Å². The smallest absolute Gasteiger partial charge is 0.324 e. The molecule has 0 aliphatic carbocycles. The van der Waals surface area contributed by atoms with Crippen LogP contribution in [0.2, 0.25) is 0 Å². The summed E-state index contributed by atoms with van der Waals surface area (Å²) in [6.07, 6.45) is 0. The number of anilines is 1. The first-order valence-electron chi connectivity index (χ1n) is 8.22. The van der Waals surface area contributed by atoms with Gasteiger partial charge >= 0.3 is 6.03 Å². The summed E-state index contributed by atoms with van der Waals surface area (Å²) in [4.78, 5) is 36.8. The van der Waals surface area contributed by atoms with E-state index in [1.807, 2.05) is 0 Å². The highest BCUT2D eigenvalue weighted by molar-refractivity contribution is 6.05. The second kappa shape index (κ2) is 7.77. The lowest BCUT2D eigenvalue weighted by Gasteiger charge is -2.13. The van der Waals surface area contributed by atoms with Crippen molar-refractivity contribution in [2.45, 2.75) is 6.54 Å². The van der Waals surface area contributed by atoms with Crippen molar-refractivity contribution in [3.8, 4) is 11.5 Å². The fraction of sp³-hybridized carbons (Fsp3) is 0.211. The number of methoxy groups -OCH3 is 2. The van der Waals surface area contributed by atoms with Crippen LogP contribution >= 0.6 is 0 Å². The molecule has 2 aromatic rings. The fourth-order valence-electron chi connectivity index (χ4n) is 2.66. The van der Waals surface area contributed by atoms with Gasteiger partial charge in [0.05, 0.1) is 33.0 Å². The average molecular weight is 369 g/mol. The lowest BCUT2D eigenvalue weighted by molar-refractivity contribution is -0.125. The van der Waals surface area contributed by atoms with E-state index >= 15 is 0 Å². The number of hydrogen-bond donors (Lipinski definition) is 2. The minimum absolute atomic E-state index is 0.0169. The highest BCUT2D eigenvalue weighted by atomic mass is 16.5. The number of nitrogens with zero attached hydrogens (tertiary/aromatic N) is 1. The van der Waals surface area contributed by atoms with Crippen molar-refractivity contribution in [3.63, 3.8) is 0 Å². The largest absolute Gasteiger partial charge is 0.497 e. The third-order valence-corrected chi connectivity index (χ3v) is 4.15. The Morgan fingerprint density at radius 1 is 1.11 bits per heavy atom. The van der Waals surface area contributed by atoms with Gasteiger partial charge in [0.1, 0.15) is 11.5 Å². The molecule has 8 nitrogen and oxygen atoms in total. The van der Waals surface area contributed by atoms with Gasteiger partial charge in [-0.15, -0.1) is 0 Å². The Hall–Kier alpha value is -3.55. The number of carbonyl (C=O) groups is 3. The van der Waals surface area contributed by atoms with Crippen LogP contribution in [-0.4, -0.2) is 43.5 Å². The van der Waals surface area contributed by atoms with E-state index in [1.165, 1.54) is 7.11 Å². The molecule has 2 aromatic carbocycles. The molecule has 0 saturated carbocycles. The predicted octanol–water partition coefficient (Wildman–Crippen LogP) is 2.01. The molecule has 140 valence electrons. The van der Waals surface area contributed by atoms with Crippen LogP contribution in [-0.2, 0) is 11.3 Å². The van der Waals surface area contributed by atoms with Gasteiger partial charge in [-0.1, -0.05) is 12.1 Å². The summed E-state index contributed by atoms with van der Waals surface area (Å²) in [5.41, 5.74) is 1.71. The lowest BCUT2D eigenvalue weighted by Crippen LogP contribution is -2.30. The number of amides is 4. The Morgan fingerprint density at radius 3 is 2.44 bits per heavy atom. The van der Waals surface area contributed by atoms with E-state index in [0.717, 1.165) is 10.5 Å². The molecule has 0 atom stereocenters. The molecule has 8 heteroatoms. The summed E-state index contributed by atoms with van der Waals surface area (Å²) in [5, 5.41) is 5.26. The van der Waals surface area contributed by atoms with Crippen LogP contribution in [0.15, 0.2) is 42.5 Å². The molecule has 3 rings (SSSR count). The van der Waals surface area contributed by atoms with E-state index in [4.69, 9.17) is 9.47 Å². The normalized spacial score (nSPS) is 13.3. The van der Waals surface area contributed by atoms with Crippen molar-refractivity contribution in [2.24, 2.45) is 0 Å². The molecule has 0 radical (unpaired) electrons. The van der Waals surface area contributed by atoms with Crippen LogP contribution < -0.4 is 20.1 Å². The van der Waals surface area contributed by atoms with Crippen molar-refractivity contribution in [2.75, 3.05) is 26.1 Å². The Morgan fingerprint density at radius 2 is 1.85 bits per heavy atom. The molecule has 1 aliphatic rings. The number of nitrogens with one attached hydrogen (secondary N) is 2. The van der Waals surface area contributed by atoms with Crippen molar-refractivity contribution in [1.29, 1.82) is 0 Å². The summed E-state index contributed by atoms with van der Waals surface area (Å²) in [6, 6.07) is 11.4. The Kier molecular flexibility index (Phi) is 5.25. The first-order chi connectivity index (χ1) is 13.0. The van der Waals surface area contributed by atoms with E-state index in [9.17, 15) is 14.4 Å². The Balaban J connectivity index is 1.69. The average Bonchev–Trinajstić information content (AvgIpc) is 3.00. The molecule has 27 heavy (non-hydrogen) atoms. The maximum absolute atomic E-state index is 12.5. The van der Waals surface area contributed by atoms with Crippen molar-refractivity contribution in [3.05, 3.63) is 53.6 Å². The zero-order valence-electron chi connectivity index (χ0n) is 14.9. The second-order valence-corrected chi connectivity index (χ2v) is 5.86. The molecule has 0 aromatic heterocycles. The van der Waals surface area contributed by atoms with E-state index in [0.29, 0.717) is 22.7 Å².